The van der Waals surface area contributed by atoms with E-state index >= 15 is 0 Å². The van der Waals surface area contributed by atoms with Crippen LogP contribution in [-0.2, 0) is 7.05 Å². The Morgan fingerprint density at radius 3 is 2.20 bits per heavy atom. The minimum Gasteiger partial charge on any atom is -0.382 e. The molecule has 0 fully saturated rings. The van der Waals surface area contributed by atoms with Crippen molar-refractivity contribution in [3.63, 3.8) is 0 Å². The molecule has 0 unspecified atom stereocenters. The highest BCUT2D eigenvalue weighted by Gasteiger charge is 2.18. The summed E-state index contributed by atoms with van der Waals surface area (Å²) in [6.07, 6.45) is 1.12. The molecule has 0 aliphatic heterocycles. The summed E-state index contributed by atoms with van der Waals surface area (Å²) in [6.45, 7) is 4.20. The average molecular weight is 273 g/mol. The number of rotatable bonds is 4. The third-order valence-corrected chi connectivity index (χ3v) is 3.58. The molecule has 4 heteroatoms. The fraction of sp³-hybridized carbons (Fsp3) is 0.438. The first kappa shape index (κ1) is 14.6. The summed E-state index contributed by atoms with van der Waals surface area (Å²) in [5, 5.41) is 10.5. The Bertz CT molecular complexity index is 570. The lowest BCUT2D eigenvalue weighted by Crippen LogP contribution is -2.10. The van der Waals surface area contributed by atoms with Gasteiger partial charge in [-0.25, -0.2) is 4.98 Å². The molecule has 0 saturated heterocycles. The van der Waals surface area contributed by atoms with Crippen LogP contribution >= 0.6 is 0 Å². The van der Waals surface area contributed by atoms with Gasteiger partial charge in [-0.15, -0.1) is 0 Å². The minimum atomic E-state index is -0.642. The number of nitrogens with zero attached hydrogens (tertiary/aromatic N) is 3. The molecule has 0 aliphatic rings. The molecule has 1 N–H and O–H groups in total. The van der Waals surface area contributed by atoms with E-state index in [0.717, 1.165) is 22.8 Å². The van der Waals surface area contributed by atoms with Gasteiger partial charge in [0.15, 0.2) is 0 Å². The van der Waals surface area contributed by atoms with Crippen molar-refractivity contribution in [2.24, 2.45) is 7.05 Å². The van der Waals surface area contributed by atoms with Crippen LogP contribution in [-0.4, -0.2) is 28.8 Å². The third-order valence-electron chi connectivity index (χ3n) is 3.58. The number of anilines is 1. The zero-order valence-corrected chi connectivity index (χ0v) is 12.8. The van der Waals surface area contributed by atoms with E-state index in [2.05, 4.69) is 18.8 Å². The highest BCUT2D eigenvalue weighted by molar-refractivity contribution is 5.47. The molecule has 0 amide bonds. The number of aliphatic hydroxyl groups is 1. The van der Waals surface area contributed by atoms with Gasteiger partial charge in [0, 0.05) is 32.7 Å². The average Bonchev–Trinajstić information content (AvgIpc) is 2.80. The van der Waals surface area contributed by atoms with Crippen molar-refractivity contribution in [1.29, 1.82) is 0 Å². The molecule has 0 radical (unpaired) electrons. The highest BCUT2D eigenvalue weighted by atomic mass is 16.3. The Balaban J connectivity index is 2.29. The lowest BCUT2D eigenvalue weighted by molar-refractivity contribution is 0.211. The smallest absolute Gasteiger partial charge is 0.121 e. The van der Waals surface area contributed by atoms with Gasteiger partial charge in [0.1, 0.15) is 11.9 Å². The van der Waals surface area contributed by atoms with E-state index < -0.39 is 6.10 Å². The van der Waals surface area contributed by atoms with Crippen molar-refractivity contribution >= 4 is 5.69 Å². The molecule has 108 valence electrons. The quantitative estimate of drug-likeness (QED) is 0.931. The predicted octanol–water partition coefficient (Wildman–Crippen LogP) is 2.69. The van der Waals surface area contributed by atoms with Crippen LogP contribution < -0.4 is 4.90 Å². The second kappa shape index (κ2) is 5.67. The van der Waals surface area contributed by atoms with E-state index in [1.165, 1.54) is 0 Å². The van der Waals surface area contributed by atoms with Crippen molar-refractivity contribution in [3.05, 3.63) is 47.5 Å². The molecule has 2 aromatic rings. The molecule has 1 aromatic heterocycles. The molecule has 20 heavy (non-hydrogen) atoms. The molecule has 0 saturated carbocycles. The highest BCUT2D eigenvalue weighted by Crippen LogP contribution is 2.25. The van der Waals surface area contributed by atoms with Gasteiger partial charge in [-0.2, -0.15) is 0 Å². The number of aromatic nitrogens is 2. The van der Waals surface area contributed by atoms with Gasteiger partial charge in [0.2, 0.25) is 0 Å². The molecule has 1 atom stereocenters. The van der Waals surface area contributed by atoms with Crippen LogP contribution in [0.15, 0.2) is 30.5 Å². The maximum atomic E-state index is 10.5. The summed E-state index contributed by atoms with van der Waals surface area (Å²) in [7, 11) is 5.96. The van der Waals surface area contributed by atoms with E-state index in [1.54, 1.807) is 6.20 Å². The third kappa shape index (κ3) is 2.70. The fourth-order valence-corrected chi connectivity index (χ4v) is 2.35. The fourth-order valence-electron chi connectivity index (χ4n) is 2.35. The maximum absolute atomic E-state index is 10.5. The molecule has 0 aliphatic carbocycles. The van der Waals surface area contributed by atoms with Crippen LogP contribution in [0.5, 0.6) is 0 Å². The number of benzene rings is 1. The van der Waals surface area contributed by atoms with E-state index in [9.17, 15) is 5.11 Å². The Hall–Kier alpha value is -1.81. The van der Waals surface area contributed by atoms with Crippen molar-refractivity contribution in [2.75, 3.05) is 19.0 Å². The van der Waals surface area contributed by atoms with Gasteiger partial charge in [-0.1, -0.05) is 26.0 Å². The Morgan fingerprint density at radius 1 is 1.15 bits per heavy atom. The zero-order valence-electron chi connectivity index (χ0n) is 12.8. The summed E-state index contributed by atoms with van der Waals surface area (Å²) in [6, 6.07) is 7.95. The van der Waals surface area contributed by atoms with Crippen LogP contribution in [0, 0.1) is 0 Å². The predicted molar refractivity (Wildman–Crippen MR) is 82.1 cm³/mol. The molecule has 0 bridgehead atoms. The van der Waals surface area contributed by atoms with E-state index in [0.29, 0.717) is 5.92 Å². The van der Waals surface area contributed by atoms with Gasteiger partial charge in [-0.05, 0) is 17.7 Å². The first-order valence-corrected chi connectivity index (χ1v) is 6.88. The van der Waals surface area contributed by atoms with Crippen LogP contribution in [0.3, 0.4) is 0 Å². The van der Waals surface area contributed by atoms with Crippen molar-refractivity contribution in [1.82, 2.24) is 9.55 Å². The minimum absolute atomic E-state index is 0.345. The first-order valence-electron chi connectivity index (χ1n) is 6.88. The summed E-state index contributed by atoms with van der Waals surface area (Å²) in [5.41, 5.74) is 2.83. The standard InChI is InChI=1S/C16H23N3O/c1-11(2)16-17-10-14(19(16)5)15(20)12-6-8-13(9-7-12)18(3)4/h6-11,15,20H,1-5H3/t15-/m0/s1. The Kier molecular flexibility index (Phi) is 4.14. The van der Waals surface area contributed by atoms with Crippen molar-refractivity contribution in [2.45, 2.75) is 25.9 Å². The molecular weight excluding hydrogens is 250 g/mol. The summed E-state index contributed by atoms with van der Waals surface area (Å²) in [5.74, 6) is 1.33. The number of imidazole rings is 1. The molecule has 1 heterocycles. The lowest BCUT2D eigenvalue weighted by atomic mass is 10.1. The maximum Gasteiger partial charge on any atom is 0.121 e. The van der Waals surface area contributed by atoms with Gasteiger partial charge in [0.05, 0.1) is 11.9 Å². The zero-order chi connectivity index (χ0) is 14.9. The van der Waals surface area contributed by atoms with E-state index in [-0.39, 0.29) is 0 Å². The monoisotopic (exact) mass is 273 g/mol. The van der Waals surface area contributed by atoms with Gasteiger partial charge in [0.25, 0.3) is 0 Å². The molecule has 0 spiro atoms. The lowest BCUT2D eigenvalue weighted by Gasteiger charge is -2.16. The normalized spacial score (nSPS) is 12.8. The molecular formula is C16H23N3O. The van der Waals surface area contributed by atoms with Crippen molar-refractivity contribution in [3.8, 4) is 0 Å². The Morgan fingerprint density at radius 2 is 1.75 bits per heavy atom. The molecule has 1 aromatic carbocycles. The summed E-state index contributed by atoms with van der Waals surface area (Å²) in [4.78, 5) is 6.44. The second-order valence-electron chi connectivity index (χ2n) is 5.64. The van der Waals surface area contributed by atoms with Gasteiger partial charge >= 0.3 is 0 Å². The molecule has 4 nitrogen and oxygen atoms in total. The van der Waals surface area contributed by atoms with E-state index in [1.807, 2.05) is 54.9 Å². The summed E-state index contributed by atoms with van der Waals surface area (Å²) < 4.78 is 1.98. The van der Waals surface area contributed by atoms with Crippen LogP contribution in [0.4, 0.5) is 5.69 Å². The first-order chi connectivity index (χ1) is 9.41. The number of hydrogen-bond acceptors (Lipinski definition) is 3. The number of aliphatic hydroxyl groups excluding tert-OH is 1. The largest absolute Gasteiger partial charge is 0.382 e. The van der Waals surface area contributed by atoms with Crippen molar-refractivity contribution < 1.29 is 5.11 Å². The van der Waals surface area contributed by atoms with Crippen LogP contribution in [0.1, 0.15) is 43.0 Å². The topological polar surface area (TPSA) is 41.3 Å². The summed E-state index contributed by atoms with van der Waals surface area (Å²) >= 11 is 0. The van der Waals surface area contributed by atoms with Gasteiger partial charge < -0.3 is 14.6 Å². The molecule has 2 rings (SSSR count). The van der Waals surface area contributed by atoms with Gasteiger partial charge in [-0.3, -0.25) is 0 Å². The van der Waals surface area contributed by atoms with E-state index in [4.69, 9.17) is 0 Å². The SMILES string of the molecule is CC(C)c1ncc([C@@H](O)c2ccc(N(C)C)cc2)n1C. The number of hydrogen-bond donors (Lipinski definition) is 1. The second-order valence-corrected chi connectivity index (χ2v) is 5.64. The Labute approximate surface area is 120 Å². The van der Waals surface area contributed by atoms with Crippen LogP contribution in [0.25, 0.3) is 0 Å². The van der Waals surface area contributed by atoms with Crippen LogP contribution in [0.2, 0.25) is 0 Å².